The molecule has 1 heterocycles. The Morgan fingerprint density at radius 3 is 2.61 bits per heavy atom. The topological polar surface area (TPSA) is 37.8 Å². The first-order valence-corrected chi connectivity index (χ1v) is 6.16. The number of hydrogen-bond donors (Lipinski definition) is 1. The second-order valence-corrected chi connectivity index (χ2v) is 4.76. The average molecular weight is 264 g/mol. The molecule has 0 radical (unpaired) electrons. The maximum Gasteiger partial charge on any atom is 0.148 e. The van der Waals surface area contributed by atoms with Gasteiger partial charge in [0.2, 0.25) is 0 Å². The van der Waals surface area contributed by atoms with E-state index in [4.69, 9.17) is 11.6 Å². The summed E-state index contributed by atoms with van der Waals surface area (Å²) in [4.78, 5) is 0. The highest BCUT2D eigenvalue weighted by Gasteiger charge is 2.21. The number of hydrogen-bond acceptors (Lipinski definition) is 3. The standard InChI is InChI=1S/C13H11ClFN3/c14-10-7-8(1-4-11(10)15)12-5-6-13(18-17-12)16-9-2-3-9/h1,4-7,9H,2-3H2,(H,16,18). The molecule has 0 aliphatic heterocycles. The first-order chi connectivity index (χ1) is 8.72. The number of aromatic nitrogens is 2. The summed E-state index contributed by atoms with van der Waals surface area (Å²) < 4.78 is 13.1. The van der Waals surface area contributed by atoms with E-state index in [1.54, 1.807) is 12.1 Å². The van der Waals surface area contributed by atoms with Gasteiger partial charge in [-0.3, -0.25) is 0 Å². The van der Waals surface area contributed by atoms with Crippen LogP contribution < -0.4 is 5.32 Å². The van der Waals surface area contributed by atoms with Gasteiger partial charge in [0.25, 0.3) is 0 Å². The maximum atomic E-state index is 13.1. The summed E-state index contributed by atoms with van der Waals surface area (Å²) in [5.74, 6) is 0.342. The Labute approximate surface area is 109 Å². The molecule has 0 unspecified atom stereocenters. The Hall–Kier alpha value is -1.68. The number of benzene rings is 1. The van der Waals surface area contributed by atoms with Crippen LogP contribution in [0.4, 0.5) is 10.2 Å². The van der Waals surface area contributed by atoms with Gasteiger partial charge in [-0.25, -0.2) is 4.39 Å². The molecule has 1 fully saturated rings. The molecule has 2 aromatic rings. The Kier molecular flexibility index (Phi) is 2.88. The van der Waals surface area contributed by atoms with Crippen molar-refractivity contribution in [1.29, 1.82) is 0 Å². The molecule has 1 aliphatic rings. The van der Waals surface area contributed by atoms with Crippen LogP contribution in [0.1, 0.15) is 12.8 Å². The maximum absolute atomic E-state index is 13.1. The lowest BCUT2D eigenvalue weighted by Gasteiger charge is -2.04. The number of rotatable bonds is 3. The van der Waals surface area contributed by atoms with E-state index >= 15 is 0 Å². The Bertz CT molecular complexity index is 567. The van der Waals surface area contributed by atoms with Gasteiger partial charge < -0.3 is 5.32 Å². The SMILES string of the molecule is Fc1ccc(-c2ccc(NC3CC3)nn2)cc1Cl. The van der Waals surface area contributed by atoms with Crippen molar-refractivity contribution in [2.24, 2.45) is 0 Å². The molecule has 3 nitrogen and oxygen atoms in total. The molecule has 1 N–H and O–H groups in total. The first-order valence-electron chi connectivity index (χ1n) is 5.78. The van der Waals surface area contributed by atoms with Crippen LogP contribution in [0.15, 0.2) is 30.3 Å². The molecule has 92 valence electrons. The van der Waals surface area contributed by atoms with Gasteiger partial charge >= 0.3 is 0 Å². The highest BCUT2D eigenvalue weighted by Crippen LogP contribution is 2.25. The van der Waals surface area contributed by atoms with Crippen molar-refractivity contribution in [1.82, 2.24) is 10.2 Å². The summed E-state index contributed by atoms with van der Waals surface area (Å²) >= 11 is 5.74. The summed E-state index contributed by atoms with van der Waals surface area (Å²) in [5, 5.41) is 11.5. The second kappa shape index (κ2) is 4.53. The molecule has 0 amide bonds. The van der Waals surface area contributed by atoms with Gasteiger partial charge in [0, 0.05) is 11.6 Å². The molecule has 0 bridgehead atoms. The quantitative estimate of drug-likeness (QED) is 0.921. The van der Waals surface area contributed by atoms with Crippen molar-refractivity contribution in [3.8, 4) is 11.3 Å². The van der Waals surface area contributed by atoms with Crippen LogP contribution in [0.5, 0.6) is 0 Å². The molecule has 1 saturated carbocycles. The van der Waals surface area contributed by atoms with E-state index in [2.05, 4.69) is 15.5 Å². The van der Waals surface area contributed by atoms with Crippen LogP contribution >= 0.6 is 11.6 Å². The summed E-state index contributed by atoms with van der Waals surface area (Å²) in [6.45, 7) is 0. The van der Waals surface area contributed by atoms with Crippen molar-refractivity contribution in [3.63, 3.8) is 0 Å². The van der Waals surface area contributed by atoms with E-state index in [1.807, 2.05) is 12.1 Å². The third-order valence-corrected chi connectivity index (χ3v) is 3.10. The fraction of sp³-hybridized carbons (Fsp3) is 0.231. The third-order valence-electron chi connectivity index (χ3n) is 2.81. The van der Waals surface area contributed by atoms with E-state index in [1.165, 1.54) is 18.9 Å². The van der Waals surface area contributed by atoms with Crippen LogP contribution in [0, 0.1) is 5.82 Å². The number of halogens is 2. The number of anilines is 1. The zero-order valence-corrected chi connectivity index (χ0v) is 10.3. The summed E-state index contributed by atoms with van der Waals surface area (Å²) in [7, 11) is 0. The molecule has 1 aromatic carbocycles. The molecule has 0 saturated heterocycles. The van der Waals surface area contributed by atoms with Gasteiger partial charge in [-0.2, -0.15) is 0 Å². The van der Waals surface area contributed by atoms with Crippen molar-refractivity contribution in [3.05, 3.63) is 41.2 Å². The van der Waals surface area contributed by atoms with Gasteiger partial charge in [-0.1, -0.05) is 11.6 Å². The van der Waals surface area contributed by atoms with Crippen LogP contribution in [0.2, 0.25) is 5.02 Å². The zero-order valence-electron chi connectivity index (χ0n) is 9.53. The molecule has 3 rings (SSSR count). The molecule has 5 heteroatoms. The molecule has 0 spiro atoms. The minimum absolute atomic E-state index is 0.0921. The largest absolute Gasteiger partial charge is 0.366 e. The van der Waals surface area contributed by atoms with E-state index in [0.717, 1.165) is 11.4 Å². The van der Waals surface area contributed by atoms with Gasteiger partial charge in [-0.05, 0) is 43.2 Å². The molecule has 1 aromatic heterocycles. The predicted molar refractivity (Wildman–Crippen MR) is 69.1 cm³/mol. The monoisotopic (exact) mass is 263 g/mol. The Morgan fingerprint density at radius 2 is 2.00 bits per heavy atom. The Morgan fingerprint density at radius 1 is 1.17 bits per heavy atom. The number of nitrogens with one attached hydrogen (secondary N) is 1. The lowest BCUT2D eigenvalue weighted by Crippen LogP contribution is -2.03. The highest BCUT2D eigenvalue weighted by atomic mass is 35.5. The smallest absolute Gasteiger partial charge is 0.148 e. The van der Waals surface area contributed by atoms with Gasteiger partial charge in [0.05, 0.1) is 10.7 Å². The van der Waals surface area contributed by atoms with Crippen LogP contribution in [-0.2, 0) is 0 Å². The number of nitrogens with zero attached hydrogens (tertiary/aromatic N) is 2. The molecular weight excluding hydrogens is 253 g/mol. The first kappa shape index (κ1) is 11.4. The van der Waals surface area contributed by atoms with Crippen molar-refractivity contribution in [2.75, 3.05) is 5.32 Å². The summed E-state index contributed by atoms with van der Waals surface area (Å²) in [6.07, 6.45) is 2.38. The second-order valence-electron chi connectivity index (χ2n) is 4.35. The highest BCUT2D eigenvalue weighted by molar-refractivity contribution is 6.31. The molecule has 1 aliphatic carbocycles. The van der Waals surface area contributed by atoms with E-state index in [9.17, 15) is 4.39 Å². The van der Waals surface area contributed by atoms with Crippen molar-refractivity contribution >= 4 is 17.4 Å². The van der Waals surface area contributed by atoms with E-state index < -0.39 is 5.82 Å². The lowest BCUT2D eigenvalue weighted by molar-refractivity contribution is 0.628. The van der Waals surface area contributed by atoms with Crippen LogP contribution in [0.3, 0.4) is 0 Å². The third kappa shape index (κ3) is 2.43. The lowest BCUT2D eigenvalue weighted by atomic mass is 10.1. The van der Waals surface area contributed by atoms with Gasteiger partial charge in [-0.15, -0.1) is 10.2 Å². The van der Waals surface area contributed by atoms with Gasteiger partial charge in [0.1, 0.15) is 11.6 Å². The minimum atomic E-state index is -0.430. The fourth-order valence-electron chi connectivity index (χ4n) is 1.66. The Balaban J connectivity index is 1.84. The fourth-order valence-corrected chi connectivity index (χ4v) is 1.84. The van der Waals surface area contributed by atoms with E-state index in [-0.39, 0.29) is 5.02 Å². The van der Waals surface area contributed by atoms with Crippen molar-refractivity contribution in [2.45, 2.75) is 18.9 Å². The van der Waals surface area contributed by atoms with Crippen LogP contribution in [0.25, 0.3) is 11.3 Å². The predicted octanol–water partition coefficient (Wildman–Crippen LogP) is 3.51. The minimum Gasteiger partial charge on any atom is -0.366 e. The summed E-state index contributed by atoms with van der Waals surface area (Å²) in [6, 6.07) is 8.79. The zero-order chi connectivity index (χ0) is 12.5. The molecular formula is C13H11ClFN3. The normalized spacial score (nSPS) is 14.6. The average Bonchev–Trinajstić information content (AvgIpc) is 3.18. The molecule has 0 atom stereocenters. The molecule has 18 heavy (non-hydrogen) atoms. The summed E-state index contributed by atoms with van der Waals surface area (Å²) in [5.41, 5.74) is 1.44. The van der Waals surface area contributed by atoms with Crippen LogP contribution in [-0.4, -0.2) is 16.2 Å². The van der Waals surface area contributed by atoms with E-state index in [0.29, 0.717) is 11.7 Å². The van der Waals surface area contributed by atoms with Gasteiger partial charge in [0.15, 0.2) is 0 Å². The van der Waals surface area contributed by atoms with Crippen molar-refractivity contribution < 1.29 is 4.39 Å².